The van der Waals surface area contributed by atoms with Gasteiger partial charge in [0.15, 0.2) is 0 Å². The van der Waals surface area contributed by atoms with Gasteiger partial charge in [0.25, 0.3) is 0 Å². The summed E-state index contributed by atoms with van der Waals surface area (Å²) in [5.74, 6) is -0.000324. The van der Waals surface area contributed by atoms with Gasteiger partial charge in [-0.2, -0.15) is 0 Å². The Bertz CT molecular complexity index is 261. The van der Waals surface area contributed by atoms with Crippen LogP contribution in [0.5, 0.6) is 5.75 Å². The number of benzene rings is 1. The van der Waals surface area contributed by atoms with Crippen molar-refractivity contribution in [1.29, 1.82) is 0 Å². The molecule has 0 amide bonds. The van der Waals surface area contributed by atoms with E-state index in [4.69, 9.17) is 4.74 Å². The monoisotopic (exact) mass is 172 g/mol. The average molecular weight is 172 g/mol. The lowest BCUT2D eigenvalue weighted by Crippen LogP contribution is -1.96. The first-order valence-corrected chi connectivity index (χ1v) is 3.67. The zero-order valence-corrected chi connectivity index (χ0v) is 6.81. The largest absolute Gasteiger partial charge is 0.496 e. The van der Waals surface area contributed by atoms with Crippen molar-refractivity contribution < 1.29 is 13.5 Å². The van der Waals surface area contributed by atoms with Gasteiger partial charge in [0, 0.05) is 12.0 Å². The number of hydrogen-bond acceptors (Lipinski definition) is 1. The van der Waals surface area contributed by atoms with Gasteiger partial charge in [0.05, 0.1) is 13.8 Å². The minimum absolute atomic E-state index is 0.0653. The van der Waals surface area contributed by atoms with Gasteiger partial charge in [-0.1, -0.05) is 6.07 Å². The van der Waals surface area contributed by atoms with E-state index in [1.807, 2.05) is 0 Å². The van der Waals surface area contributed by atoms with Crippen LogP contribution in [0.25, 0.3) is 0 Å². The molecule has 0 bridgehead atoms. The summed E-state index contributed by atoms with van der Waals surface area (Å²) in [6.07, 6.45) is 0.0653. The van der Waals surface area contributed by atoms with E-state index in [0.29, 0.717) is 11.3 Å². The van der Waals surface area contributed by atoms with Crippen LogP contribution in [0.4, 0.5) is 8.78 Å². The summed E-state index contributed by atoms with van der Waals surface area (Å²) in [6, 6.07) is 4.46. The molecule has 12 heavy (non-hydrogen) atoms. The zero-order chi connectivity index (χ0) is 8.97. The van der Waals surface area contributed by atoms with Crippen molar-refractivity contribution in [2.45, 2.75) is 6.42 Å². The third kappa shape index (κ3) is 1.72. The fourth-order valence-corrected chi connectivity index (χ4v) is 1.07. The number of rotatable bonds is 3. The van der Waals surface area contributed by atoms with Crippen molar-refractivity contribution in [1.82, 2.24) is 0 Å². The Kier molecular flexibility index (Phi) is 3.02. The molecule has 0 radical (unpaired) electrons. The first-order valence-electron chi connectivity index (χ1n) is 3.67. The molecule has 0 fully saturated rings. The second-order valence-electron chi connectivity index (χ2n) is 2.36. The molecule has 1 nitrogen and oxygen atoms in total. The maximum atomic E-state index is 13.0. The van der Waals surface area contributed by atoms with Crippen LogP contribution in [0.2, 0.25) is 0 Å². The van der Waals surface area contributed by atoms with E-state index in [9.17, 15) is 8.78 Å². The van der Waals surface area contributed by atoms with Gasteiger partial charge in [-0.05, 0) is 12.1 Å². The number of ether oxygens (including phenoxy) is 1. The van der Waals surface area contributed by atoms with E-state index in [-0.39, 0.29) is 6.42 Å². The van der Waals surface area contributed by atoms with E-state index in [1.54, 1.807) is 6.07 Å². The minimum atomic E-state index is -0.572. The highest BCUT2D eigenvalue weighted by Gasteiger charge is 2.07. The summed E-state index contributed by atoms with van der Waals surface area (Å²) in [5, 5.41) is 0. The summed E-state index contributed by atoms with van der Waals surface area (Å²) in [6.45, 7) is -0.572. The van der Waals surface area contributed by atoms with E-state index >= 15 is 0 Å². The molecule has 1 aromatic carbocycles. The van der Waals surface area contributed by atoms with Crippen LogP contribution < -0.4 is 4.74 Å². The molecule has 0 N–H and O–H groups in total. The lowest BCUT2D eigenvalue weighted by atomic mass is 10.1. The van der Waals surface area contributed by atoms with Gasteiger partial charge in [0.2, 0.25) is 0 Å². The minimum Gasteiger partial charge on any atom is -0.496 e. The lowest BCUT2D eigenvalue weighted by molar-refractivity contribution is 0.398. The van der Waals surface area contributed by atoms with Crippen molar-refractivity contribution in [2.24, 2.45) is 0 Å². The van der Waals surface area contributed by atoms with Gasteiger partial charge in [-0.25, -0.2) is 4.39 Å². The summed E-state index contributed by atoms with van der Waals surface area (Å²) in [4.78, 5) is 0. The Morgan fingerprint density at radius 1 is 1.42 bits per heavy atom. The van der Waals surface area contributed by atoms with Crippen LogP contribution in [-0.4, -0.2) is 13.8 Å². The molecule has 0 aliphatic heterocycles. The summed E-state index contributed by atoms with van der Waals surface area (Å²) < 4.78 is 29.8. The Hall–Kier alpha value is -1.12. The molecule has 0 atom stereocenters. The van der Waals surface area contributed by atoms with Crippen molar-refractivity contribution in [3.8, 4) is 5.75 Å². The second kappa shape index (κ2) is 4.04. The van der Waals surface area contributed by atoms with Crippen molar-refractivity contribution in [3.63, 3.8) is 0 Å². The number of hydrogen-bond donors (Lipinski definition) is 0. The first kappa shape index (κ1) is 8.97. The van der Waals surface area contributed by atoms with Crippen LogP contribution in [-0.2, 0) is 6.42 Å². The van der Waals surface area contributed by atoms with Crippen molar-refractivity contribution >= 4 is 0 Å². The number of alkyl halides is 1. The molecule has 0 aromatic heterocycles. The van der Waals surface area contributed by atoms with Crippen molar-refractivity contribution in [2.75, 3.05) is 13.8 Å². The fourth-order valence-electron chi connectivity index (χ4n) is 1.07. The maximum Gasteiger partial charge on any atom is 0.130 e. The summed E-state index contributed by atoms with van der Waals surface area (Å²) in [5.41, 5.74) is 0.308. The zero-order valence-electron chi connectivity index (χ0n) is 6.81. The van der Waals surface area contributed by atoms with Gasteiger partial charge >= 0.3 is 0 Å². The van der Waals surface area contributed by atoms with E-state index in [1.165, 1.54) is 19.2 Å². The normalized spacial score (nSPS) is 9.92. The van der Waals surface area contributed by atoms with E-state index < -0.39 is 12.5 Å². The highest BCUT2D eigenvalue weighted by Crippen LogP contribution is 2.21. The SMILES string of the molecule is COc1cccc(F)c1CCF. The molecular formula is C9H10F2O. The summed E-state index contributed by atoms with van der Waals surface area (Å²) >= 11 is 0. The fraction of sp³-hybridized carbons (Fsp3) is 0.333. The standard InChI is InChI=1S/C9H10F2O/c1-12-9-4-2-3-8(11)7(9)5-6-10/h2-4H,5-6H2,1H3. The van der Waals surface area contributed by atoms with Crippen molar-refractivity contribution in [3.05, 3.63) is 29.6 Å². The highest BCUT2D eigenvalue weighted by molar-refractivity contribution is 5.34. The van der Waals surface area contributed by atoms with Crippen LogP contribution in [0.1, 0.15) is 5.56 Å². The van der Waals surface area contributed by atoms with E-state index in [2.05, 4.69) is 0 Å². The van der Waals surface area contributed by atoms with E-state index in [0.717, 1.165) is 0 Å². The molecule has 1 aromatic rings. The van der Waals surface area contributed by atoms with Gasteiger partial charge in [-0.3, -0.25) is 4.39 Å². The van der Waals surface area contributed by atoms with Gasteiger partial charge in [0.1, 0.15) is 11.6 Å². The molecule has 0 heterocycles. The smallest absolute Gasteiger partial charge is 0.130 e. The van der Waals surface area contributed by atoms with Crippen LogP contribution in [0.3, 0.4) is 0 Å². The quantitative estimate of drug-likeness (QED) is 0.680. The molecule has 0 spiro atoms. The molecule has 0 unspecified atom stereocenters. The Labute approximate surface area is 70.0 Å². The molecule has 3 heteroatoms. The average Bonchev–Trinajstić information content (AvgIpc) is 2.09. The van der Waals surface area contributed by atoms with Gasteiger partial charge in [-0.15, -0.1) is 0 Å². The molecular weight excluding hydrogens is 162 g/mol. The lowest BCUT2D eigenvalue weighted by Gasteiger charge is -2.06. The van der Waals surface area contributed by atoms with Crippen LogP contribution >= 0.6 is 0 Å². The predicted molar refractivity (Wildman–Crippen MR) is 42.6 cm³/mol. The third-order valence-electron chi connectivity index (χ3n) is 1.64. The maximum absolute atomic E-state index is 13.0. The Morgan fingerprint density at radius 2 is 2.17 bits per heavy atom. The van der Waals surface area contributed by atoms with Gasteiger partial charge < -0.3 is 4.74 Å². The Morgan fingerprint density at radius 3 is 2.75 bits per heavy atom. The highest BCUT2D eigenvalue weighted by atomic mass is 19.1. The Balaban J connectivity index is 3.02. The number of methoxy groups -OCH3 is 1. The predicted octanol–water partition coefficient (Wildman–Crippen LogP) is 2.35. The first-order chi connectivity index (χ1) is 5.79. The molecule has 0 aliphatic carbocycles. The molecule has 0 saturated carbocycles. The number of halogens is 2. The summed E-state index contributed by atoms with van der Waals surface area (Å²) in [7, 11) is 1.44. The molecule has 1 rings (SSSR count). The third-order valence-corrected chi connectivity index (χ3v) is 1.64. The molecule has 66 valence electrons. The van der Waals surface area contributed by atoms with Crippen LogP contribution in [0.15, 0.2) is 18.2 Å². The topological polar surface area (TPSA) is 9.23 Å². The van der Waals surface area contributed by atoms with Crippen LogP contribution in [0, 0.1) is 5.82 Å². The second-order valence-corrected chi connectivity index (χ2v) is 2.36. The molecule has 0 aliphatic rings. The molecule has 0 saturated heterocycles.